The Morgan fingerprint density at radius 1 is 1.04 bits per heavy atom. The van der Waals surface area contributed by atoms with Crippen molar-refractivity contribution in [3.8, 4) is 5.75 Å². The number of carbonyl (C=O) groups is 1. The maximum absolute atomic E-state index is 12.6. The van der Waals surface area contributed by atoms with E-state index in [4.69, 9.17) is 4.74 Å². The van der Waals surface area contributed by atoms with Gasteiger partial charge in [0.15, 0.2) is 6.10 Å². The van der Waals surface area contributed by atoms with Crippen LogP contribution in [0.15, 0.2) is 42.5 Å². The van der Waals surface area contributed by atoms with E-state index in [1.54, 1.807) is 6.92 Å². The number of anilines is 1. The lowest BCUT2D eigenvalue weighted by Gasteiger charge is -2.19. The molecule has 2 aromatic rings. The normalized spacial score (nSPS) is 15.1. The molecule has 26 heavy (non-hydrogen) atoms. The average Bonchev–Trinajstić information content (AvgIpc) is 2.61. The third-order valence-corrected chi connectivity index (χ3v) is 4.48. The Balaban J connectivity index is 1.61. The summed E-state index contributed by atoms with van der Waals surface area (Å²) in [5.74, 6) is 0.211. The number of amides is 1. The van der Waals surface area contributed by atoms with Gasteiger partial charge in [-0.2, -0.15) is 13.2 Å². The maximum atomic E-state index is 12.6. The summed E-state index contributed by atoms with van der Waals surface area (Å²) in [6.07, 6.45) is -0.734. The predicted octanol–water partition coefficient (Wildman–Crippen LogP) is 4.99. The fourth-order valence-electron chi connectivity index (χ4n) is 3.03. The van der Waals surface area contributed by atoms with Gasteiger partial charge in [-0.15, -0.1) is 0 Å². The van der Waals surface area contributed by atoms with E-state index in [-0.39, 0.29) is 0 Å². The fourth-order valence-corrected chi connectivity index (χ4v) is 3.03. The number of ether oxygens (including phenoxy) is 1. The molecule has 1 N–H and O–H groups in total. The van der Waals surface area contributed by atoms with Crippen LogP contribution in [0.25, 0.3) is 0 Å². The molecule has 1 amide bonds. The van der Waals surface area contributed by atoms with Crippen molar-refractivity contribution in [2.75, 3.05) is 5.32 Å². The minimum Gasteiger partial charge on any atom is -0.481 e. The molecule has 0 fully saturated rings. The van der Waals surface area contributed by atoms with E-state index in [1.807, 2.05) is 18.2 Å². The highest BCUT2D eigenvalue weighted by molar-refractivity contribution is 5.94. The summed E-state index contributed by atoms with van der Waals surface area (Å²) >= 11 is 0. The number of carbonyl (C=O) groups excluding carboxylic acids is 1. The first-order valence-electron chi connectivity index (χ1n) is 8.59. The quantitative estimate of drug-likeness (QED) is 0.831. The standard InChI is InChI=1S/C20H20F3NO2/c1-13(26-18-11-6-14-4-2-3-5-15(14)12-18)19(25)24-17-9-7-16(8-10-17)20(21,22)23/h6-13H,2-5H2,1H3,(H,24,25). The topological polar surface area (TPSA) is 38.3 Å². The second kappa shape index (κ2) is 7.40. The molecule has 3 rings (SSSR count). The Labute approximate surface area is 150 Å². The molecule has 2 aromatic carbocycles. The molecule has 0 aromatic heterocycles. The lowest BCUT2D eigenvalue weighted by atomic mass is 9.92. The van der Waals surface area contributed by atoms with Crippen molar-refractivity contribution in [3.63, 3.8) is 0 Å². The van der Waals surface area contributed by atoms with Crippen molar-refractivity contribution < 1.29 is 22.7 Å². The SMILES string of the molecule is CC(Oc1ccc2c(c1)CCCC2)C(=O)Nc1ccc(C(F)(F)F)cc1. The molecule has 0 saturated carbocycles. The van der Waals surface area contributed by atoms with Gasteiger partial charge >= 0.3 is 6.18 Å². The van der Waals surface area contributed by atoms with Gasteiger partial charge in [0.05, 0.1) is 5.56 Å². The van der Waals surface area contributed by atoms with Gasteiger partial charge in [0, 0.05) is 5.69 Å². The highest BCUT2D eigenvalue weighted by atomic mass is 19.4. The van der Waals surface area contributed by atoms with Gasteiger partial charge in [-0.3, -0.25) is 4.79 Å². The molecule has 1 atom stereocenters. The van der Waals surface area contributed by atoms with Gasteiger partial charge in [-0.1, -0.05) is 6.07 Å². The molecule has 0 bridgehead atoms. The number of aryl methyl sites for hydroxylation is 2. The van der Waals surface area contributed by atoms with Crippen molar-refractivity contribution in [2.45, 2.75) is 44.9 Å². The van der Waals surface area contributed by atoms with Gasteiger partial charge in [0.25, 0.3) is 5.91 Å². The summed E-state index contributed by atoms with van der Waals surface area (Å²) < 4.78 is 43.4. The minimum absolute atomic E-state index is 0.295. The van der Waals surface area contributed by atoms with Crippen LogP contribution in [0.4, 0.5) is 18.9 Å². The molecule has 6 heteroatoms. The summed E-state index contributed by atoms with van der Waals surface area (Å²) in [6.45, 7) is 1.61. The lowest BCUT2D eigenvalue weighted by Crippen LogP contribution is -2.30. The molecule has 0 spiro atoms. The molecule has 1 unspecified atom stereocenters. The Kier molecular flexibility index (Phi) is 5.20. The predicted molar refractivity (Wildman–Crippen MR) is 93.2 cm³/mol. The summed E-state index contributed by atoms with van der Waals surface area (Å²) in [4.78, 5) is 12.2. The highest BCUT2D eigenvalue weighted by Crippen LogP contribution is 2.30. The Morgan fingerprint density at radius 2 is 1.69 bits per heavy atom. The van der Waals surface area contributed by atoms with Crippen LogP contribution in [-0.4, -0.2) is 12.0 Å². The number of hydrogen-bond donors (Lipinski definition) is 1. The summed E-state index contributed by atoms with van der Waals surface area (Å²) in [7, 11) is 0. The van der Waals surface area contributed by atoms with E-state index in [9.17, 15) is 18.0 Å². The van der Waals surface area contributed by atoms with Gasteiger partial charge in [0.2, 0.25) is 0 Å². The highest BCUT2D eigenvalue weighted by Gasteiger charge is 2.30. The molecule has 0 radical (unpaired) electrons. The van der Waals surface area contributed by atoms with Crippen LogP contribution in [0.1, 0.15) is 36.5 Å². The van der Waals surface area contributed by atoms with Gasteiger partial charge in [-0.05, 0) is 80.1 Å². The number of rotatable bonds is 4. The zero-order valence-corrected chi connectivity index (χ0v) is 14.4. The molecule has 1 aliphatic rings. The van der Waals surface area contributed by atoms with Crippen LogP contribution in [0, 0.1) is 0 Å². The number of halogens is 3. The first-order valence-corrected chi connectivity index (χ1v) is 8.59. The summed E-state index contributed by atoms with van der Waals surface area (Å²) in [5, 5.41) is 2.57. The molecular weight excluding hydrogens is 343 g/mol. The van der Waals surface area contributed by atoms with Crippen LogP contribution in [0.2, 0.25) is 0 Å². The Bertz CT molecular complexity index is 785. The maximum Gasteiger partial charge on any atom is 0.416 e. The van der Waals surface area contributed by atoms with Crippen molar-refractivity contribution >= 4 is 11.6 Å². The van der Waals surface area contributed by atoms with E-state index in [2.05, 4.69) is 5.32 Å². The number of benzene rings is 2. The monoisotopic (exact) mass is 363 g/mol. The van der Waals surface area contributed by atoms with Gasteiger partial charge in [-0.25, -0.2) is 0 Å². The zero-order chi connectivity index (χ0) is 18.7. The van der Waals surface area contributed by atoms with Crippen LogP contribution < -0.4 is 10.1 Å². The van der Waals surface area contributed by atoms with Gasteiger partial charge in [0.1, 0.15) is 5.75 Å². The molecule has 138 valence electrons. The lowest BCUT2D eigenvalue weighted by molar-refractivity contribution is -0.137. The Hall–Kier alpha value is -2.50. The first kappa shape index (κ1) is 18.3. The van der Waals surface area contributed by atoms with Crippen LogP contribution >= 0.6 is 0 Å². The summed E-state index contributed by atoms with van der Waals surface area (Å²) in [6, 6.07) is 10.2. The number of nitrogens with one attached hydrogen (secondary N) is 1. The molecular formula is C20H20F3NO2. The first-order chi connectivity index (χ1) is 12.3. The average molecular weight is 363 g/mol. The Morgan fingerprint density at radius 3 is 2.35 bits per heavy atom. The van der Waals surface area contributed by atoms with Crippen molar-refractivity contribution in [2.24, 2.45) is 0 Å². The van der Waals surface area contributed by atoms with E-state index in [0.717, 1.165) is 31.4 Å². The molecule has 0 saturated heterocycles. The minimum atomic E-state index is -4.40. The number of alkyl halides is 3. The largest absolute Gasteiger partial charge is 0.481 e. The summed E-state index contributed by atoms with van der Waals surface area (Å²) in [5.41, 5.74) is 2.12. The third-order valence-electron chi connectivity index (χ3n) is 4.48. The van der Waals surface area contributed by atoms with E-state index in [0.29, 0.717) is 11.4 Å². The zero-order valence-electron chi connectivity index (χ0n) is 14.4. The van der Waals surface area contributed by atoms with E-state index in [1.165, 1.54) is 29.7 Å². The van der Waals surface area contributed by atoms with Crippen molar-refractivity contribution in [1.29, 1.82) is 0 Å². The van der Waals surface area contributed by atoms with Crippen LogP contribution in [-0.2, 0) is 23.8 Å². The smallest absolute Gasteiger partial charge is 0.416 e. The van der Waals surface area contributed by atoms with E-state index >= 15 is 0 Å². The molecule has 0 heterocycles. The number of hydrogen-bond acceptors (Lipinski definition) is 2. The van der Waals surface area contributed by atoms with E-state index < -0.39 is 23.8 Å². The second-order valence-corrected chi connectivity index (χ2v) is 6.46. The van der Waals surface area contributed by atoms with Gasteiger partial charge < -0.3 is 10.1 Å². The molecule has 1 aliphatic carbocycles. The fraction of sp³-hybridized carbons (Fsp3) is 0.350. The number of fused-ring (bicyclic) bond motifs is 1. The second-order valence-electron chi connectivity index (χ2n) is 6.46. The molecule has 0 aliphatic heterocycles. The van der Waals surface area contributed by atoms with Crippen molar-refractivity contribution in [1.82, 2.24) is 0 Å². The molecule has 3 nitrogen and oxygen atoms in total. The van der Waals surface area contributed by atoms with Crippen molar-refractivity contribution in [3.05, 3.63) is 59.2 Å². The third kappa shape index (κ3) is 4.36. The van der Waals surface area contributed by atoms with Crippen LogP contribution in [0.5, 0.6) is 5.75 Å². The van der Waals surface area contributed by atoms with Crippen LogP contribution in [0.3, 0.4) is 0 Å².